The van der Waals surface area contributed by atoms with E-state index in [1.165, 1.54) is 5.56 Å². The van der Waals surface area contributed by atoms with Crippen LogP contribution in [-0.2, 0) is 11.2 Å². The van der Waals surface area contributed by atoms with Crippen LogP contribution in [0.25, 0.3) is 0 Å². The number of ether oxygens (including phenoxy) is 1. The van der Waals surface area contributed by atoms with E-state index in [0.29, 0.717) is 0 Å². The average molecular weight is 373 g/mol. The smallest absolute Gasteiger partial charge is 0.225 e. The Hall–Kier alpha value is -2.04. The highest BCUT2D eigenvalue weighted by Crippen LogP contribution is 2.30. The lowest BCUT2D eigenvalue weighted by molar-refractivity contribution is -0.124. The fraction of sp³-hybridized carbons (Fsp3) is 0.381. The zero-order valence-corrected chi connectivity index (χ0v) is 15.6. The molecule has 1 fully saturated rings. The highest BCUT2D eigenvalue weighted by molar-refractivity contribution is 5.85. The first-order chi connectivity index (χ1) is 12.3. The van der Waals surface area contributed by atoms with E-state index < -0.39 is 0 Å². The van der Waals surface area contributed by atoms with E-state index in [0.717, 1.165) is 55.8 Å². The van der Waals surface area contributed by atoms with Crippen LogP contribution in [0.5, 0.6) is 5.75 Å². The first-order valence-electron chi connectivity index (χ1n) is 9.13. The van der Waals surface area contributed by atoms with Crippen LogP contribution in [0.15, 0.2) is 48.5 Å². The molecule has 1 amide bonds. The quantitative estimate of drug-likeness (QED) is 0.866. The van der Waals surface area contributed by atoms with Gasteiger partial charge in [-0.05, 0) is 54.6 Å². The maximum Gasteiger partial charge on any atom is 0.225 e. The standard InChI is InChI=1S/C21H24N2O2.ClH/c24-21(18-10-11-22-14-18)23-20(15-5-2-1-3-6-15)17-8-9-19-16(13-17)7-4-12-25-19;/h1-3,5-6,8-9,13,18,20,22H,4,7,10-12,14H2,(H,23,24);1H. The van der Waals surface area contributed by atoms with Crippen molar-refractivity contribution in [2.45, 2.75) is 25.3 Å². The lowest BCUT2D eigenvalue weighted by atomic mass is 9.94. The number of nitrogens with one attached hydrogen (secondary N) is 2. The van der Waals surface area contributed by atoms with E-state index in [9.17, 15) is 4.79 Å². The van der Waals surface area contributed by atoms with E-state index in [2.05, 4.69) is 34.9 Å². The molecule has 1 saturated heterocycles. The summed E-state index contributed by atoms with van der Waals surface area (Å²) in [4.78, 5) is 12.7. The number of hydrogen-bond acceptors (Lipinski definition) is 3. The molecule has 0 spiro atoms. The number of hydrogen-bond donors (Lipinski definition) is 2. The van der Waals surface area contributed by atoms with Crippen LogP contribution in [-0.4, -0.2) is 25.6 Å². The Morgan fingerprint density at radius 1 is 1.15 bits per heavy atom. The Balaban J connectivity index is 0.00000196. The maximum absolute atomic E-state index is 12.7. The topological polar surface area (TPSA) is 50.4 Å². The zero-order chi connectivity index (χ0) is 17.1. The molecule has 2 heterocycles. The number of benzene rings is 2. The van der Waals surface area contributed by atoms with Crippen LogP contribution in [0.3, 0.4) is 0 Å². The van der Waals surface area contributed by atoms with Gasteiger partial charge in [0.05, 0.1) is 18.6 Å². The molecular weight excluding hydrogens is 348 g/mol. The van der Waals surface area contributed by atoms with Gasteiger partial charge in [0, 0.05) is 6.54 Å². The summed E-state index contributed by atoms with van der Waals surface area (Å²) in [5.74, 6) is 1.17. The normalized spacial score (nSPS) is 19.6. The summed E-state index contributed by atoms with van der Waals surface area (Å²) < 4.78 is 5.73. The second kappa shape index (κ2) is 8.56. The molecule has 138 valence electrons. The highest BCUT2D eigenvalue weighted by atomic mass is 35.5. The number of fused-ring (bicyclic) bond motifs is 1. The molecule has 2 aromatic rings. The van der Waals surface area contributed by atoms with Crippen LogP contribution in [0.1, 0.15) is 35.6 Å². The molecule has 5 heteroatoms. The minimum absolute atomic E-state index is 0. The van der Waals surface area contributed by atoms with Gasteiger partial charge in [0.2, 0.25) is 5.91 Å². The Kier molecular flexibility index (Phi) is 6.17. The van der Waals surface area contributed by atoms with E-state index in [1.54, 1.807) is 0 Å². The molecule has 0 saturated carbocycles. The van der Waals surface area contributed by atoms with E-state index in [1.807, 2.05) is 24.3 Å². The van der Waals surface area contributed by atoms with Gasteiger partial charge >= 0.3 is 0 Å². The van der Waals surface area contributed by atoms with E-state index in [-0.39, 0.29) is 30.3 Å². The van der Waals surface area contributed by atoms with Gasteiger partial charge in [-0.15, -0.1) is 12.4 Å². The molecule has 2 unspecified atom stereocenters. The average Bonchev–Trinajstić information content (AvgIpc) is 3.21. The number of carbonyl (C=O) groups is 1. The SMILES string of the molecule is Cl.O=C(NC(c1ccccc1)c1ccc2c(c1)CCCO2)C1CCNC1. The predicted octanol–water partition coefficient (Wildman–Crippen LogP) is 3.25. The number of carbonyl (C=O) groups excluding carboxylic acids is 1. The van der Waals surface area contributed by atoms with Gasteiger partial charge in [0.1, 0.15) is 5.75 Å². The van der Waals surface area contributed by atoms with Gasteiger partial charge < -0.3 is 15.4 Å². The monoisotopic (exact) mass is 372 g/mol. The van der Waals surface area contributed by atoms with Crippen molar-refractivity contribution in [3.63, 3.8) is 0 Å². The van der Waals surface area contributed by atoms with Gasteiger partial charge in [0.15, 0.2) is 0 Å². The Labute approximate surface area is 160 Å². The van der Waals surface area contributed by atoms with Crippen LogP contribution in [0.2, 0.25) is 0 Å². The van der Waals surface area contributed by atoms with Gasteiger partial charge in [-0.3, -0.25) is 4.79 Å². The van der Waals surface area contributed by atoms with Crippen molar-refractivity contribution in [2.24, 2.45) is 5.92 Å². The lowest BCUT2D eigenvalue weighted by Crippen LogP contribution is -2.35. The maximum atomic E-state index is 12.7. The molecule has 2 N–H and O–H groups in total. The third-order valence-electron chi connectivity index (χ3n) is 5.12. The zero-order valence-electron chi connectivity index (χ0n) is 14.7. The number of halogens is 1. The molecule has 2 atom stereocenters. The van der Waals surface area contributed by atoms with Gasteiger partial charge in [-0.2, -0.15) is 0 Å². The number of aryl methyl sites for hydroxylation is 1. The largest absolute Gasteiger partial charge is 0.493 e. The summed E-state index contributed by atoms with van der Waals surface area (Å²) in [6.07, 6.45) is 2.99. The first-order valence-corrected chi connectivity index (χ1v) is 9.13. The van der Waals surface area contributed by atoms with Crippen molar-refractivity contribution in [3.05, 3.63) is 65.2 Å². The summed E-state index contributed by atoms with van der Waals surface area (Å²) >= 11 is 0. The summed E-state index contributed by atoms with van der Waals surface area (Å²) in [5, 5.41) is 6.55. The van der Waals surface area contributed by atoms with Crippen molar-refractivity contribution in [1.29, 1.82) is 0 Å². The second-order valence-electron chi connectivity index (χ2n) is 6.86. The second-order valence-corrected chi connectivity index (χ2v) is 6.86. The van der Waals surface area contributed by atoms with Crippen molar-refractivity contribution >= 4 is 18.3 Å². The Bertz CT molecular complexity index is 745. The fourth-order valence-electron chi connectivity index (χ4n) is 3.70. The third kappa shape index (κ3) is 4.02. The summed E-state index contributed by atoms with van der Waals surface area (Å²) in [7, 11) is 0. The molecular formula is C21H25ClN2O2. The van der Waals surface area contributed by atoms with E-state index in [4.69, 9.17) is 4.74 Å². The third-order valence-corrected chi connectivity index (χ3v) is 5.12. The number of rotatable bonds is 4. The van der Waals surface area contributed by atoms with Crippen molar-refractivity contribution in [1.82, 2.24) is 10.6 Å². The molecule has 0 bridgehead atoms. The van der Waals surface area contributed by atoms with Gasteiger partial charge in [0.25, 0.3) is 0 Å². The molecule has 0 aromatic heterocycles. The molecule has 26 heavy (non-hydrogen) atoms. The van der Waals surface area contributed by atoms with Crippen LogP contribution in [0.4, 0.5) is 0 Å². The van der Waals surface area contributed by atoms with Crippen LogP contribution >= 0.6 is 12.4 Å². The fourth-order valence-corrected chi connectivity index (χ4v) is 3.70. The van der Waals surface area contributed by atoms with Crippen molar-refractivity contribution in [2.75, 3.05) is 19.7 Å². The molecule has 0 aliphatic carbocycles. The minimum atomic E-state index is -0.124. The Morgan fingerprint density at radius 3 is 2.77 bits per heavy atom. The summed E-state index contributed by atoms with van der Waals surface area (Å²) in [6, 6.07) is 16.4. The number of amides is 1. The summed E-state index contributed by atoms with van der Waals surface area (Å²) in [6.45, 7) is 2.48. The van der Waals surface area contributed by atoms with Crippen molar-refractivity contribution in [3.8, 4) is 5.75 Å². The molecule has 0 radical (unpaired) electrons. The van der Waals surface area contributed by atoms with Crippen LogP contribution in [0, 0.1) is 5.92 Å². The highest BCUT2D eigenvalue weighted by Gasteiger charge is 2.26. The minimum Gasteiger partial charge on any atom is -0.493 e. The van der Waals surface area contributed by atoms with Gasteiger partial charge in [-0.1, -0.05) is 36.4 Å². The van der Waals surface area contributed by atoms with E-state index >= 15 is 0 Å². The Morgan fingerprint density at radius 2 is 2.00 bits per heavy atom. The van der Waals surface area contributed by atoms with Crippen LogP contribution < -0.4 is 15.4 Å². The molecule has 2 aliphatic rings. The summed E-state index contributed by atoms with van der Waals surface area (Å²) in [5.41, 5.74) is 3.47. The molecule has 2 aromatic carbocycles. The first kappa shape index (κ1) is 18.7. The van der Waals surface area contributed by atoms with Crippen molar-refractivity contribution < 1.29 is 9.53 Å². The molecule has 4 rings (SSSR count). The van der Waals surface area contributed by atoms with Gasteiger partial charge in [-0.25, -0.2) is 0 Å². The molecule has 4 nitrogen and oxygen atoms in total. The lowest BCUT2D eigenvalue weighted by Gasteiger charge is -2.24. The predicted molar refractivity (Wildman–Crippen MR) is 105 cm³/mol. The molecule has 2 aliphatic heterocycles.